The van der Waals surface area contributed by atoms with Gasteiger partial charge in [0.1, 0.15) is 5.75 Å². The zero-order valence-electron chi connectivity index (χ0n) is 13.6. The molecular formula is C17H28O2. The largest absolute Gasteiger partial charge is 0.496 e. The smallest absolute Gasteiger partial charge is 0.128 e. The van der Waals surface area contributed by atoms with Crippen LogP contribution in [0.1, 0.15) is 49.9 Å². The first-order valence-corrected chi connectivity index (χ1v) is 7.05. The van der Waals surface area contributed by atoms with Gasteiger partial charge in [-0.2, -0.15) is 0 Å². The third kappa shape index (κ3) is 2.51. The Morgan fingerprint density at radius 1 is 1.00 bits per heavy atom. The average Bonchev–Trinajstić information content (AvgIpc) is 2.31. The lowest BCUT2D eigenvalue weighted by atomic mass is 9.72. The van der Waals surface area contributed by atoms with Crippen LogP contribution in [-0.2, 0) is 5.60 Å². The van der Waals surface area contributed by atoms with Gasteiger partial charge in [0.25, 0.3) is 0 Å². The number of methoxy groups -OCH3 is 1. The second kappa shape index (κ2) is 5.54. The van der Waals surface area contributed by atoms with Crippen molar-refractivity contribution in [2.45, 2.75) is 54.1 Å². The Morgan fingerprint density at radius 3 is 1.84 bits per heavy atom. The van der Waals surface area contributed by atoms with Crippen LogP contribution < -0.4 is 4.74 Å². The van der Waals surface area contributed by atoms with Gasteiger partial charge >= 0.3 is 0 Å². The molecule has 108 valence electrons. The highest BCUT2D eigenvalue weighted by molar-refractivity contribution is 5.52. The number of rotatable bonds is 4. The van der Waals surface area contributed by atoms with E-state index >= 15 is 0 Å². The monoisotopic (exact) mass is 264 g/mol. The molecule has 0 saturated heterocycles. The van der Waals surface area contributed by atoms with Crippen molar-refractivity contribution >= 4 is 0 Å². The summed E-state index contributed by atoms with van der Waals surface area (Å²) in [4.78, 5) is 0. The predicted molar refractivity (Wildman–Crippen MR) is 80.8 cm³/mol. The van der Waals surface area contributed by atoms with Gasteiger partial charge in [0.15, 0.2) is 0 Å². The average molecular weight is 264 g/mol. The Kier molecular flexibility index (Phi) is 4.67. The maximum Gasteiger partial charge on any atom is 0.128 e. The van der Waals surface area contributed by atoms with Gasteiger partial charge in [-0.25, -0.2) is 0 Å². The van der Waals surface area contributed by atoms with Crippen LogP contribution in [0.5, 0.6) is 5.75 Å². The molecule has 0 bridgehead atoms. The highest BCUT2D eigenvalue weighted by atomic mass is 16.5. The van der Waals surface area contributed by atoms with Gasteiger partial charge in [-0.15, -0.1) is 0 Å². The number of aryl methyl sites for hydroxylation is 2. The summed E-state index contributed by atoms with van der Waals surface area (Å²) in [5.41, 5.74) is 3.50. The number of ether oxygens (including phenoxy) is 1. The quantitative estimate of drug-likeness (QED) is 0.886. The zero-order valence-corrected chi connectivity index (χ0v) is 13.6. The molecule has 0 aliphatic heterocycles. The summed E-state index contributed by atoms with van der Waals surface area (Å²) in [6.45, 7) is 14.4. The summed E-state index contributed by atoms with van der Waals surface area (Å²) in [5.74, 6) is 1.09. The molecule has 1 rings (SSSR count). The van der Waals surface area contributed by atoms with Gasteiger partial charge in [-0.1, -0.05) is 33.8 Å². The van der Waals surface area contributed by atoms with Gasteiger partial charge in [-0.3, -0.25) is 0 Å². The minimum Gasteiger partial charge on any atom is -0.496 e. The first-order valence-electron chi connectivity index (χ1n) is 7.05. The van der Waals surface area contributed by atoms with E-state index in [-0.39, 0.29) is 11.8 Å². The lowest BCUT2D eigenvalue weighted by molar-refractivity contribution is -0.0552. The van der Waals surface area contributed by atoms with Crippen molar-refractivity contribution in [3.05, 3.63) is 28.3 Å². The second-order valence-corrected chi connectivity index (χ2v) is 6.18. The summed E-state index contributed by atoms with van der Waals surface area (Å²) >= 11 is 0. The molecule has 1 aromatic carbocycles. The summed E-state index contributed by atoms with van der Waals surface area (Å²) < 4.78 is 5.62. The Hall–Kier alpha value is -1.02. The fraction of sp³-hybridized carbons (Fsp3) is 0.647. The first kappa shape index (κ1) is 16.0. The molecule has 1 aromatic rings. The van der Waals surface area contributed by atoms with Crippen molar-refractivity contribution in [3.8, 4) is 5.75 Å². The molecule has 0 spiro atoms. The van der Waals surface area contributed by atoms with E-state index in [0.29, 0.717) is 0 Å². The molecule has 0 aliphatic rings. The highest BCUT2D eigenvalue weighted by Gasteiger charge is 2.40. The Bertz CT molecular complexity index is 451. The first-order chi connectivity index (χ1) is 8.67. The van der Waals surface area contributed by atoms with Gasteiger partial charge in [0, 0.05) is 5.56 Å². The molecule has 0 fully saturated rings. The molecule has 1 N–H and O–H groups in total. The van der Waals surface area contributed by atoms with Crippen LogP contribution in [0.4, 0.5) is 0 Å². The molecular weight excluding hydrogens is 236 g/mol. The number of benzene rings is 1. The van der Waals surface area contributed by atoms with Crippen LogP contribution in [0.2, 0.25) is 0 Å². The van der Waals surface area contributed by atoms with E-state index in [4.69, 9.17) is 4.74 Å². The van der Waals surface area contributed by atoms with Crippen LogP contribution in [0, 0.1) is 32.6 Å². The van der Waals surface area contributed by atoms with E-state index in [0.717, 1.165) is 22.4 Å². The van der Waals surface area contributed by atoms with E-state index in [1.807, 2.05) is 0 Å². The molecule has 0 amide bonds. The van der Waals surface area contributed by atoms with Gasteiger partial charge < -0.3 is 9.84 Å². The Morgan fingerprint density at radius 2 is 1.47 bits per heavy atom. The molecule has 0 radical (unpaired) electrons. The summed E-state index contributed by atoms with van der Waals surface area (Å²) in [6.07, 6.45) is 0. The van der Waals surface area contributed by atoms with Crippen molar-refractivity contribution in [3.63, 3.8) is 0 Å². The summed E-state index contributed by atoms with van der Waals surface area (Å²) in [7, 11) is 1.69. The van der Waals surface area contributed by atoms with Crippen LogP contribution in [0.25, 0.3) is 0 Å². The maximum absolute atomic E-state index is 11.3. The van der Waals surface area contributed by atoms with Gasteiger partial charge in [-0.05, 0) is 49.3 Å². The molecule has 0 saturated carbocycles. The molecule has 19 heavy (non-hydrogen) atoms. The minimum absolute atomic E-state index is 0.127. The van der Waals surface area contributed by atoms with E-state index in [2.05, 4.69) is 54.5 Å². The summed E-state index contributed by atoms with van der Waals surface area (Å²) in [6, 6.07) is 2.14. The van der Waals surface area contributed by atoms with E-state index in [1.54, 1.807) is 7.11 Å². The number of hydrogen-bond donors (Lipinski definition) is 1. The van der Waals surface area contributed by atoms with Crippen LogP contribution in [0.15, 0.2) is 6.07 Å². The Balaban J connectivity index is 3.70. The molecule has 0 unspecified atom stereocenters. The zero-order chi connectivity index (χ0) is 15.0. The molecule has 2 nitrogen and oxygen atoms in total. The molecule has 0 aliphatic carbocycles. The third-order valence-electron chi connectivity index (χ3n) is 4.35. The van der Waals surface area contributed by atoms with Gasteiger partial charge in [0.2, 0.25) is 0 Å². The fourth-order valence-electron chi connectivity index (χ4n) is 3.05. The molecule has 0 atom stereocenters. The fourth-order valence-corrected chi connectivity index (χ4v) is 3.05. The Labute approximate surface area is 117 Å². The van der Waals surface area contributed by atoms with E-state index in [1.165, 1.54) is 5.56 Å². The molecule has 0 aromatic heterocycles. The molecule has 2 heteroatoms. The lowest BCUT2D eigenvalue weighted by Gasteiger charge is -2.39. The number of aliphatic hydroxyl groups is 1. The van der Waals surface area contributed by atoms with E-state index in [9.17, 15) is 5.11 Å². The highest BCUT2D eigenvalue weighted by Crippen LogP contribution is 2.45. The third-order valence-corrected chi connectivity index (χ3v) is 4.35. The second-order valence-electron chi connectivity index (χ2n) is 6.18. The number of hydrogen-bond acceptors (Lipinski definition) is 2. The van der Waals surface area contributed by atoms with Crippen LogP contribution in [0.3, 0.4) is 0 Å². The van der Waals surface area contributed by atoms with Crippen LogP contribution >= 0.6 is 0 Å². The minimum atomic E-state index is -0.867. The standard InChI is InChI=1S/C17H28O2/c1-10(2)17(18,11(3)4)15-13(6)9-12(5)14(7)16(15)19-8/h9-11,18H,1-8H3. The summed E-state index contributed by atoms with van der Waals surface area (Å²) in [5, 5.41) is 11.3. The topological polar surface area (TPSA) is 29.5 Å². The SMILES string of the molecule is COc1c(C)c(C)cc(C)c1C(O)(C(C)C)C(C)C. The van der Waals surface area contributed by atoms with Crippen molar-refractivity contribution in [2.75, 3.05) is 7.11 Å². The van der Waals surface area contributed by atoms with Crippen molar-refractivity contribution in [2.24, 2.45) is 11.8 Å². The molecule has 0 heterocycles. The van der Waals surface area contributed by atoms with E-state index < -0.39 is 5.60 Å². The van der Waals surface area contributed by atoms with Gasteiger partial charge in [0.05, 0.1) is 12.7 Å². The lowest BCUT2D eigenvalue weighted by Crippen LogP contribution is -2.39. The normalized spacial score (nSPS) is 12.4. The van der Waals surface area contributed by atoms with Crippen molar-refractivity contribution in [1.29, 1.82) is 0 Å². The van der Waals surface area contributed by atoms with Crippen molar-refractivity contribution < 1.29 is 9.84 Å². The van der Waals surface area contributed by atoms with Crippen molar-refractivity contribution in [1.82, 2.24) is 0 Å². The van der Waals surface area contributed by atoms with Crippen LogP contribution in [-0.4, -0.2) is 12.2 Å². The predicted octanol–water partition coefficient (Wildman–Crippen LogP) is 4.12. The maximum atomic E-state index is 11.3.